The van der Waals surface area contributed by atoms with E-state index in [0.717, 1.165) is 43.1 Å². The van der Waals surface area contributed by atoms with Gasteiger partial charge in [0.1, 0.15) is 18.0 Å². The molecule has 2 fully saturated rings. The van der Waals surface area contributed by atoms with Crippen LogP contribution in [0.2, 0.25) is 0 Å². The Balaban J connectivity index is 1.26. The van der Waals surface area contributed by atoms with E-state index in [1.165, 1.54) is 0 Å². The van der Waals surface area contributed by atoms with E-state index in [2.05, 4.69) is 22.2 Å². The summed E-state index contributed by atoms with van der Waals surface area (Å²) in [7, 11) is 2.06. The van der Waals surface area contributed by atoms with Gasteiger partial charge in [-0.15, -0.1) is 0 Å². The number of aromatic nitrogens is 1. The summed E-state index contributed by atoms with van der Waals surface area (Å²) in [6, 6.07) is 9.27. The number of pyridine rings is 1. The molecule has 1 aromatic heterocycles. The van der Waals surface area contributed by atoms with Gasteiger partial charge in [0.15, 0.2) is 0 Å². The second-order valence-corrected chi connectivity index (χ2v) is 9.62. The molecule has 0 radical (unpaired) electrons. The number of nitrogens with zero attached hydrogens (tertiary/aromatic N) is 3. The number of hydrogen-bond acceptors (Lipinski definition) is 7. The molecule has 2 amide bonds. The van der Waals surface area contributed by atoms with Gasteiger partial charge in [-0.1, -0.05) is 0 Å². The summed E-state index contributed by atoms with van der Waals surface area (Å²) in [6.07, 6.45) is 3.41. The third-order valence-corrected chi connectivity index (χ3v) is 7.16. The van der Waals surface area contributed by atoms with Gasteiger partial charge in [-0.05, 0) is 49.4 Å². The number of nitrogens with one attached hydrogen (secondary N) is 1. The van der Waals surface area contributed by atoms with Crippen molar-refractivity contribution in [2.45, 2.75) is 43.5 Å². The molecule has 9 nitrogen and oxygen atoms in total. The van der Waals surface area contributed by atoms with Crippen LogP contribution >= 0.6 is 0 Å². The number of fused-ring (bicyclic) bond motifs is 3. The smallest absolute Gasteiger partial charge is 0.228 e. The first-order valence-electron chi connectivity index (χ1n) is 12.2. The normalized spacial score (nSPS) is 25.9. The van der Waals surface area contributed by atoms with Crippen LogP contribution in [0.25, 0.3) is 0 Å². The number of benzene rings is 1. The maximum absolute atomic E-state index is 12.9. The van der Waals surface area contributed by atoms with Crippen LogP contribution in [0.15, 0.2) is 42.7 Å². The molecule has 186 valence electrons. The highest BCUT2D eigenvalue weighted by atomic mass is 16.6. The van der Waals surface area contributed by atoms with Crippen LogP contribution in [-0.2, 0) is 20.7 Å². The molecule has 3 aliphatic heterocycles. The Labute approximate surface area is 205 Å². The topological polar surface area (TPSA) is 104 Å². The van der Waals surface area contributed by atoms with Crippen molar-refractivity contribution in [3.63, 3.8) is 0 Å². The van der Waals surface area contributed by atoms with Gasteiger partial charge in [0.2, 0.25) is 11.8 Å². The predicted molar refractivity (Wildman–Crippen MR) is 129 cm³/mol. The van der Waals surface area contributed by atoms with E-state index in [4.69, 9.17) is 9.47 Å². The summed E-state index contributed by atoms with van der Waals surface area (Å²) in [5.41, 5.74) is 2.57. The van der Waals surface area contributed by atoms with Gasteiger partial charge in [0.25, 0.3) is 0 Å². The Hall–Kier alpha value is -3.01. The molecule has 2 saturated heterocycles. The summed E-state index contributed by atoms with van der Waals surface area (Å²) >= 11 is 0. The number of piperazine rings is 1. The van der Waals surface area contributed by atoms with E-state index in [1.807, 2.05) is 35.2 Å². The monoisotopic (exact) mass is 480 g/mol. The van der Waals surface area contributed by atoms with Crippen LogP contribution < -0.4 is 10.1 Å². The second kappa shape index (κ2) is 10.3. The van der Waals surface area contributed by atoms with Crippen LogP contribution in [0.3, 0.4) is 0 Å². The first-order valence-corrected chi connectivity index (χ1v) is 12.2. The molecule has 3 aliphatic rings. The summed E-state index contributed by atoms with van der Waals surface area (Å²) in [5, 5.41) is 13.0. The molecule has 2 aromatic rings. The van der Waals surface area contributed by atoms with Gasteiger partial charge in [0.05, 0.1) is 25.6 Å². The first-order chi connectivity index (χ1) is 17.0. The summed E-state index contributed by atoms with van der Waals surface area (Å²) in [6.45, 7) is 3.03. The maximum atomic E-state index is 12.9. The quantitative estimate of drug-likeness (QED) is 0.645. The molecular formula is C26H32N4O5. The average Bonchev–Trinajstić information content (AvgIpc) is 3.22. The Morgan fingerprint density at radius 3 is 2.66 bits per heavy atom. The number of amides is 2. The maximum Gasteiger partial charge on any atom is 0.228 e. The molecular weight excluding hydrogens is 448 g/mol. The molecule has 0 bridgehead atoms. The number of likely N-dealkylation sites (N-methyl/N-ethyl adjacent to an activating group) is 1. The number of ether oxygens (including phenoxy) is 2. The zero-order chi connectivity index (χ0) is 24.4. The molecule has 4 atom stereocenters. The van der Waals surface area contributed by atoms with Crippen LogP contribution in [0.1, 0.15) is 29.9 Å². The highest BCUT2D eigenvalue weighted by Crippen LogP contribution is 2.47. The fraction of sp³-hybridized carbons (Fsp3) is 0.500. The van der Waals surface area contributed by atoms with E-state index in [-0.39, 0.29) is 43.0 Å². The number of aliphatic hydroxyl groups excluding tert-OH is 1. The van der Waals surface area contributed by atoms with E-state index < -0.39 is 6.10 Å². The van der Waals surface area contributed by atoms with Crippen LogP contribution in [0, 0.1) is 0 Å². The van der Waals surface area contributed by atoms with Gasteiger partial charge in [-0.25, -0.2) is 0 Å². The third-order valence-electron chi connectivity index (χ3n) is 7.16. The average molecular weight is 481 g/mol. The number of rotatable bonds is 6. The molecule has 5 rings (SSSR count). The van der Waals surface area contributed by atoms with Crippen LogP contribution in [0.5, 0.6) is 5.75 Å². The largest absolute Gasteiger partial charge is 0.487 e. The van der Waals surface area contributed by atoms with E-state index in [9.17, 15) is 14.7 Å². The molecule has 0 saturated carbocycles. The highest BCUT2D eigenvalue weighted by Gasteiger charge is 2.46. The molecule has 4 heterocycles. The standard InChI is InChI=1S/C26H32N4O5/c1-29-8-10-30(11-9-29)25(33)15-19-14-21-20-13-18(28-24(32)12-17-4-6-27-7-5-17)2-3-22(20)35-26(21)23(16-31)34-19/h2-7,13,19,21,23,26,31H,8-12,14-16H2,1H3,(H,28,32)/t19-,21+,23-,26-/m1/s1. The van der Waals surface area contributed by atoms with Gasteiger partial charge >= 0.3 is 0 Å². The summed E-state index contributed by atoms with van der Waals surface area (Å²) in [4.78, 5) is 33.6. The fourth-order valence-electron chi connectivity index (χ4n) is 5.24. The number of hydrogen-bond donors (Lipinski definition) is 2. The zero-order valence-electron chi connectivity index (χ0n) is 19.9. The minimum Gasteiger partial charge on any atom is -0.487 e. The number of aliphatic hydroxyl groups is 1. The van der Waals surface area contributed by atoms with Gasteiger partial charge in [-0.3, -0.25) is 14.6 Å². The molecule has 35 heavy (non-hydrogen) atoms. The molecule has 0 aliphatic carbocycles. The molecule has 1 aromatic carbocycles. The summed E-state index contributed by atoms with van der Waals surface area (Å²) < 4.78 is 12.3. The van der Waals surface area contributed by atoms with Crippen molar-refractivity contribution < 1.29 is 24.2 Å². The second-order valence-electron chi connectivity index (χ2n) is 9.62. The fourth-order valence-corrected chi connectivity index (χ4v) is 5.24. The van der Waals surface area contributed by atoms with Crippen LogP contribution in [-0.4, -0.2) is 89.9 Å². The lowest BCUT2D eigenvalue weighted by Gasteiger charge is -2.38. The molecule has 0 spiro atoms. The van der Waals surface area contributed by atoms with Crippen molar-refractivity contribution in [1.82, 2.24) is 14.8 Å². The van der Waals surface area contributed by atoms with E-state index in [0.29, 0.717) is 18.5 Å². The van der Waals surface area contributed by atoms with Crippen molar-refractivity contribution >= 4 is 17.5 Å². The highest BCUT2D eigenvalue weighted by molar-refractivity contribution is 5.92. The SMILES string of the molecule is CN1CCN(C(=O)C[C@H]2C[C@H]3c4cc(NC(=O)Cc5ccncc5)ccc4O[C@H]3[C@@H](CO)O2)CC1. The summed E-state index contributed by atoms with van der Waals surface area (Å²) in [5.74, 6) is 0.704. The first kappa shape index (κ1) is 23.7. The lowest BCUT2D eigenvalue weighted by atomic mass is 9.84. The molecule has 0 unspecified atom stereocenters. The van der Waals surface area contributed by atoms with Crippen molar-refractivity contribution in [3.8, 4) is 5.75 Å². The Morgan fingerprint density at radius 2 is 1.91 bits per heavy atom. The minimum absolute atomic E-state index is 0.0155. The van der Waals surface area contributed by atoms with Crippen molar-refractivity contribution in [1.29, 1.82) is 0 Å². The van der Waals surface area contributed by atoms with E-state index in [1.54, 1.807) is 12.4 Å². The lowest BCUT2D eigenvalue weighted by Crippen LogP contribution is -2.50. The molecule has 2 N–H and O–H groups in total. The van der Waals surface area contributed by atoms with Gasteiger partial charge in [-0.2, -0.15) is 0 Å². The Kier molecular flexibility index (Phi) is 6.99. The number of anilines is 1. The zero-order valence-corrected chi connectivity index (χ0v) is 19.9. The van der Waals surface area contributed by atoms with Crippen molar-refractivity contribution in [2.24, 2.45) is 0 Å². The van der Waals surface area contributed by atoms with Crippen LogP contribution in [0.4, 0.5) is 5.69 Å². The van der Waals surface area contributed by atoms with Crippen molar-refractivity contribution in [3.05, 3.63) is 53.9 Å². The third kappa shape index (κ3) is 5.32. The van der Waals surface area contributed by atoms with Crippen molar-refractivity contribution in [2.75, 3.05) is 45.2 Å². The van der Waals surface area contributed by atoms with E-state index >= 15 is 0 Å². The van der Waals surface area contributed by atoms with Gasteiger partial charge < -0.3 is 29.7 Å². The van der Waals surface area contributed by atoms with Gasteiger partial charge in [0, 0.05) is 55.7 Å². The number of carbonyl (C=O) groups excluding carboxylic acids is 2. The minimum atomic E-state index is -0.504. The number of carbonyl (C=O) groups is 2. The molecule has 9 heteroatoms. The Morgan fingerprint density at radius 1 is 1.14 bits per heavy atom. The Bertz CT molecular complexity index is 1060. The lowest BCUT2D eigenvalue weighted by molar-refractivity contribution is -0.150. The predicted octanol–water partition coefficient (Wildman–Crippen LogP) is 1.42.